The quantitative estimate of drug-likeness (QED) is 0.802. The number of nitrogens with one attached hydrogen (secondary N) is 1. The summed E-state index contributed by atoms with van der Waals surface area (Å²) in [5.74, 6) is 0.557. The van der Waals surface area contributed by atoms with Crippen LogP contribution in [0.3, 0.4) is 0 Å². The molecule has 0 saturated heterocycles. The van der Waals surface area contributed by atoms with Gasteiger partial charge in [0.05, 0.1) is 0 Å². The van der Waals surface area contributed by atoms with E-state index in [0.717, 1.165) is 5.92 Å². The Morgan fingerprint density at radius 2 is 1.82 bits per heavy atom. The van der Waals surface area contributed by atoms with Gasteiger partial charge in [-0.1, -0.05) is 24.1 Å². The number of halogens is 1. The Morgan fingerprint density at radius 1 is 1.24 bits per heavy atom. The summed E-state index contributed by atoms with van der Waals surface area (Å²) in [5.41, 5.74) is 1.20. The average molecular weight is 253 g/mol. The van der Waals surface area contributed by atoms with Crippen molar-refractivity contribution in [1.29, 1.82) is 0 Å². The Labute approximate surface area is 107 Å². The van der Waals surface area contributed by atoms with Crippen molar-refractivity contribution in [2.75, 3.05) is 0 Å². The van der Waals surface area contributed by atoms with Gasteiger partial charge < -0.3 is 0 Å². The molecule has 0 heterocycles. The summed E-state index contributed by atoms with van der Waals surface area (Å²) in [6.07, 6.45) is 2.56. The van der Waals surface area contributed by atoms with Crippen LogP contribution in [0.5, 0.6) is 0 Å². The van der Waals surface area contributed by atoms with Crippen molar-refractivity contribution in [3.63, 3.8) is 0 Å². The molecule has 1 saturated carbocycles. The van der Waals surface area contributed by atoms with Gasteiger partial charge in [0.15, 0.2) is 0 Å². The van der Waals surface area contributed by atoms with Crippen molar-refractivity contribution >= 4 is 11.9 Å². The highest BCUT2D eigenvalue weighted by molar-refractivity contribution is 7.98. The van der Waals surface area contributed by atoms with Gasteiger partial charge in [-0.25, -0.2) is 4.39 Å². The second-order valence-electron chi connectivity index (χ2n) is 5.70. The van der Waals surface area contributed by atoms with Crippen LogP contribution in [0.2, 0.25) is 0 Å². The molecule has 1 aliphatic carbocycles. The highest BCUT2D eigenvalue weighted by Crippen LogP contribution is 2.42. The summed E-state index contributed by atoms with van der Waals surface area (Å²) in [4.78, 5) is 0. The molecule has 1 aromatic rings. The van der Waals surface area contributed by atoms with Crippen LogP contribution >= 0.6 is 11.9 Å². The summed E-state index contributed by atoms with van der Waals surface area (Å²) in [7, 11) is 0. The zero-order chi connectivity index (χ0) is 12.5. The first kappa shape index (κ1) is 12.9. The summed E-state index contributed by atoms with van der Waals surface area (Å²) >= 11 is 1.77. The van der Waals surface area contributed by atoms with Crippen molar-refractivity contribution in [3.8, 4) is 0 Å². The van der Waals surface area contributed by atoms with E-state index in [1.807, 2.05) is 12.1 Å². The van der Waals surface area contributed by atoms with Crippen LogP contribution < -0.4 is 4.72 Å². The fourth-order valence-corrected chi connectivity index (χ4v) is 2.59. The Morgan fingerprint density at radius 3 is 2.29 bits per heavy atom. The molecular formula is C14H20FNS. The third-order valence-electron chi connectivity index (χ3n) is 2.81. The van der Waals surface area contributed by atoms with E-state index in [9.17, 15) is 4.39 Å². The van der Waals surface area contributed by atoms with Crippen LogP contribution in [0.15, 0.2) is 24.3 Å². The van der Waals surface area contributed by atoms with Crippen LogP contribution in [-0.4, -0.2) is 4.75 Å². The summed E-state index contributed by atoms with van der Waals surface area (Å²) in [6.45, 7) is 6.58. The molecule has 1 fully saturated rings. The van der Waals surface area contributed by atoms with E-state index in [4.69, 9.17) is 0 Å². The van der Waals surface area contributed by atoms with Crippen LogP contribution in [-0.2, 0) is 0 Å². The molecule has 1 N–H and O–H groups in total. The number of hydrogen-bond acceptors (Lipinski definition) is 2. The molecule has 1 unspecified atom stereocenters. The van der Waals surface area contributed by atoms with E-state index in [1.165, 1.54) is 18.4 Å². The Hall–Kier alpha value is -0.540. The molecule has 2 rings (SSSR count). The number of rotatable bonds is 4. The smallest absolute Gasteiger partial charge is 0.123 e. The largest absolute Gasteiger partial charge is 0.256 e. The van der Waals surface area contributed by atoms with Gasteiger partial charge in [-0.3, -0.25) is 4.72 Å². The van der Waals surface area contributed by atoms with Crippen molar-refractivity contribution < 1.29 is 4.39 Å². The van der Waals surface area contributed by atoms with Crippen LogP contribution in [0.1, 0.15) is 45.2 Å². The molecule has 0 bridgehead atoms. The molecule has 1 aliphatic rings. The fraction of sp³-hybridized carbons (Fsp3) is 0.571. The van der Waals surface area contributed by atoms with Gasteiger partial charge >= 0.3 is 0 Å². The van der Waals surface area contributed by atoms with Crippen LogP contribution in [0.25, 0.3) is 0 Å². The molecule has 0 amide bonds. The summed E-state index contributed by atoms with van der Waals surface area (Å²) in [6, 6.07) is 7.26. The molecule has 1 atom stereocenters. The third-order valence-corrected chi connectivity index (χ3v) is 3.80. The van der Waals surface area contributed by atoms with Crippen LogP contribution in [0, 0.1) is 11.7 Å². The highest BCUT2D eigenvalue weighted by Gasteiger charge is 2.33. The first-order valence-electron chi connectivity index (χ1n) is 6.15. The van der Waals surface area contributed by atoms with E-state index in [1.54, 1.807) is 24.1 Å². The minimum Gasteiger partial charge on any atom is -0.256 e. The number of hydrogen-bond donors (Lipinski definition) is 1. The standard InChI is InChI=1S/C14H20FNS/c1-14(2,3)17-16-13(10-4-5-10)11-6-8-12(15)9-7-11/h6-10,13,16H,4-5H2,1-3H3. The second kappa shape index (κ2) is 4.99. The van der Waals surface area contributed by atoms with Gasteiger partial charge in [-0.2, -0.15) is 0 Å². The van der Waals surface area contributed by atoms with E-state index in [2.05, 4.69) is 25.5 Å². The Balaban J connectivity index is 2.04. The maximum Gasteiger partial charge on any atom is 0.123 e. The molecule has 94 valence electrons. The second-order valence-corrected chi connectivity index (χ2v) is 7.36. The van der Waals surface area contributed by atoms with E-state index < -0.39 is 0 Å². The first-order valence-corrected chi connectivity index (χ1v) is 6.96. The van der Waals surface area contributed by atoms with E-state index >= 15 is 0 Å². The predicted molar refractivity (Wildman–Crippen MR) is 72.3 cm³/mol. The minimum atomic E-state index is -0.160. The highest BCUT2D eigenvalue weighted by atomic mass is 32.2. The predicted octanol–water partition coefficient (Wildman–Crippen LogP) is 4.31. The maximum atomic E-state index is 12.9. The molecule has 0 radical (unpaired) electrons. The topological polar surface area (TPSA) is 12.0 Å². The maximum absolute atomic E-state index is 12.9. The summed E-state index contributed by atoms with van der Waals surface area (Å²) in [5, 5.41) is 0. The lowest BCUT2D eigenvalue weighted by atomic mass is 10.0. The lowest BCUT2D eigenvalue weighted by Gasteiger charge is -2.24. The monoisotopic (exact) mass is 253 g/mol. The van der Waals surface area contributed by atoms with Gasteiger partial charge in [0, 0.05) is 10.8 Å². The molecule has 3 heteroatoms. The molecule has 17 heavy (non-hydrogen) atoms. The molecular weight excluding hydrogens is 233 g/mol. The van der Waals surface area contributed by atoms with Crippen molar-refractivity contribution in [1.82, 2.24) is 4.72 Å². The lowest BCUT2D eigenvalue weighted by molar-refractivity contribution is 0.581. The molecule has 0 aromatic heterocycles. The molecule has 1 aromatic carbocycles. The lowest BCUT2D eigenvalue weighted by Crippen LogP contribution is -2.23. The average Bonchev–Trinajstić information content (AvgIpc) is 3.03. The number of benzene rings is 1. The SMILES string of the molecule is CC(C)(C)SNC(c1ccc(F)cc1)C1CC1. The summed E-state index contributed by atoms with van der Waals surface area (Å²) < 4.78 is 16.7. The van der Waals surface area contributed by atoms with Gasteiger partial charge in [-0.15, -0.1) is 0 Å². The Bertz CT molecular complexity index is 365. The first-order chi connectivity index (χ1) is 7.96. The van der Waals surface area contributed by atoms with Crippen molar-refractivity contribution in [2.45, 2.75) is 44.4 Å². The normalized spacial score (nSPS) is 18.1. The van der Waals surface area contributed by atoms with Gasteiger partial charge in [-0.05, 0) is 57.2 Å². The van der Waals surface area contributed by atoms with Gasteiger partial charge in [0.1, 0.15) is 5.82 Å². The minimum absolute atomic E-state index is 0.160. The molecule has 0 spiro atoms. The third kappa shape index (κ3) is 4.00. The van der Waals surface area contributed by atoms with E-state index in [-0.39, 0.29) is 10.6 Å². The Kier molecular flexibility index (Phi) is 3.79. The van der Waals surface area contributed by atoms with E-state index in [0.29, 0.717) is 6.04 Å². The zero-order valence-electron chi connectivity index (χ0n) is 10.7. The van der Waals surface area contributed by atoms with Crippen molar-refractivity contribution in [3.05, 3.63) is 35.6 Å². The molecule has 0 aliphatic heterocycles. The van der Waals surface area contributed by atoms with Crippen molar-refractivity contribution in [2.24, 2.45) is 5.92 Å². The van der Waals surface area contributed by atoms with Gasteiger partial charge in [0.25, 0.3) is 0 Å². The van der Waals surface area contributed by atoms with Gasteiger partial charge in [0.2, 0.25) is 0 Å². The zero-order valence-corrected chi connectivity index (χ0v) is 11.5. The fourth-order valence-electron chi connectivity index (χ4n) is 1.78. The van der Waals surface area contributed by atoms with Crippen LogP contribution in [0.4, 0.5) is 4.39 Å². The molecule has 1 nitrogen and oxygen atoms in total.